The van der Waals surface area contributed by atoms with Crippen molar-refractivity contribution in [1.82, 2.24) is 19.9 Å². The zero-order valence-corrected chi connectivity index (χ0v) is 11.1. The average molecular weight is 252 g/mol. The molecular weight excluding hydrogens is 232 g/mol. The molecule has 1 aromatic heterocycles. The molecule has 0 unspecified atom stereocenters. The van der Waals surface area contributed by atoms with Crippen LogP contribution < -0.4 is 0 Å². The van der Waals surface area contributed by atoms with Gasteiger partial charge in [0.2, 0.25) is 11.8 Å². The number of hydrogen-bond donors (Lipinski definition) is 0. The Bertz CT molecular complexity index is 397. The number of amides is 1. The van der Waals surface area contributed by atoms with Gasteiger partial charge in [0.25, 0.3) is 0 Å². The van der Waals surface area contributed by atoms with Gasteiger partial charge in [-0.15, -0.1) is 0 Å². The average Bonchev–Trinajstić information content (AvgIpc) is 2.82. The summed E-state index contributed by atoms with van der Waals surface area (Å²) in [7, 11) is 0. The fraction of sp³-hybridized carbons (Fsp3) is 0.750. The van der Waals surface area contributed by atoms with E-state index in [0.717, 1.165) is 32.7 Å². The molecule has 6 heteroatoms. The topological polar surface area (TPSA) is 62.5 Å². The Balaban J connectivity index is 1.75. The number of piperazine rings is 1. The molecule has 1 aliphatic rings. The first-order valence-corrected chi connectivity index (χ1v) is 6.48. The number of hydrogen-bond acceptors (Lipinski definition) is 5. The van der Waals surface area contributed by atoms with E-state index in [1.54, 1.807) is 6.92 Å². The molecule has 0 radical (unpaired) electrons. The van der Waals surface area contributed by atoms with Crippen LogP contribution in [0.2, 0.25) is 0 Å². The summed E-state index contributed by atoms with van der Waals surface area (Å²) in [5, 5.41) is 3.71. The quantitative estimate of drug-likeness (QED) is 0.779. The zero-order valence-electron chi connectivity index (χ0n) is 11.1. The lowest BCUT2D eigenvalue weighted by Gasteiger charge is -2.34. The zero-order chi connectivity index (χ0) is 13.0. The standard InChI is InChI=1S/C12H20N4O2/c1-3-15-6-8-16(9-7-15)12(17)5-4-11-13-10(2)14-18-11/h3-9H2,1-2H3. The van der Waals surface area contributed by atoms with Crippen LogP contribution in [0.5, 0.6) is 0 Å². The predicted molar refractivity (Wildman–Crippen MR) is 66.1 cm³/mol. The van der Waals surface area contributed by atoms with Crippen LogP contribution in [0.25, 0.3) is 0 Å². The molecule has 0 aliphatic carbocycles. The van der Waals surface area contributed by atoms with E-state index in [4.69, 9.17) is 4.52 Å². The van der Waals surface area contributed by atoms with Gasteiger partial charge in [-0.2, -0.15) is 4.98 Å². The van der Waals surface area contributed by atoms with Gasteiger partial charge in [-0.1, -0.05) is 12.1 Å². The highest BCUT2D eigenvalue weighted by Crippen LogP contribution is 2.06. The summed E-state index contributed by atoms with van der Waals surface area (Å²) in [4.78, 5) is 20.4. The van der Waals surface area contributed by atoms with Gasteiger partial charge in [-0.3, -0.25) is 4.79 Å². The van der Waals surface area contributed by atoms with E-state index >= 15 is 0 Å². The Morgan fingerprint density at radius 3 is 2.61 bits per heavy atom. The van der Waals surface area contributed by atoms with Gasteiger partial charge in [-0.05, 0) is 13.5 Å². The molecule has 100 valence electrons. The van der Waals surface area contributed by atoms with E-state index in [0.29, 0.717) is 24.6 Å². The van der Waals surface area contributed by atoms with Gasteiger partial charge in [-0.25, -0.2) is 0 Å². The number of nitrogens with zero attached hydrogens (tertiary/aromatic N) is 4. The molecule has 18 heavy (non-hydrogen) atoms. The number of aromatic nitrogens is 2. The van der Waals surface area contributed by atoms with E-state index in [9.17, 15) is 4.79 Å². The first kappa shape index (κ1) is 13.0. The van der Waals surface area contributed by atoms with Crippen LogP contribution in [0, 0.1) is 6.92 Å². The summed E-state index contributed by atoms with van der Waals surface area (Å²) < 4.78 is 5.00. The van der Waals surface area contributed by atoms with E-state index in [1.807, 2.05) is 4.90 Å². The summed E-state index contributed by atoms with van der Waals surface area (Å²) in [6, 6.07) is 0. The van der Waals surface area contributed by atoms with Crippen LogP contribution in [0.3, 0.4) is 0 Å². The minimum Gasteiger partial charge on any atom is -0.340 e. The van der Waals surface area contributed by atoms with Crippen molar-refractivity contribution in [2.45, 2.75) is 26.7 Å². The van der Waals surface area contributed by atoms with Gasteiger partial charge in [0.05, 0.1) is 0 Å². The highest BCUT2D eigenvalue weighted by molar-refractivity contribution is 5.76. The molecule has 0 aromatic carbocycles. The molecule has 0 bridgehead atoms. The van der Waals surface area contributed by atoms with Crippen molar-refractivity contribution in [3.8, 4) is 0 Å². The van der Waals surface area contributed by atoms with Crippen molar-refractivity contribution in [2.24, 2.45) is 0 Å². The van der Waals surface area contributed by atoms with Crippen molar-refractivity contribution in [3.05, 3.63) is 11.7 Å². The number of carbonyl (C=O) groups excluding carboxylic acids is 1. The summed E-state index contributed by atoms with van der Waals surface area (Å²) in [6.07, 6.45) is 0.988. The summed E-state index contributed by atoms with van der Waals surface area (Å²) in [5.74, 6) is 1.35. The summed E-state index contributed by atoms with van der Waals surface area (Å²) >= 11 is 0. The number of aryl methyl sites for hydroxylation is 2. The third-order valence-corrected chi connectivity index (χ3v) is 3.29. The molecule has 1 fully saturated rings. The molecule has 1 aliphatic heterocycles. The summed E-state index contributed by atoms with van der Waals surface area (Å²) in [6.45, 7) is 8.59. The third kappa shape index (κ3) is 3.29. The van der Waals surface area contributed by atoms with Gasteiger partial charge in [0.15, 0.2) is 5.82 Å². The van der Waals surface area contributed by atoms with Crippen LogP contribution in [-0.4, -0.2) is 58.6 Å². The monoisotopic (exact) mass is 252 g/mol. The first-order chi connectivity index (χ1) is 8.69. The van der Waals surface area contributed by atoms with Crippen LogP contribution in [0.15, 0.2) is 4.52 Å². The minimum atomic E-state index is 0.182. The minimum absolute atomic E-state index is 0.182. The van der Waals surface area contributed by atoms with Gasteiger partial charge in [0, 0.05) is 39.0 Å². The largest absolute Gasteiger partial charge is 0.340 e. The van der Waals surface area contributed by atoms with Gasteiger partial charge in [0.1, 0.15) is 0 Å². The Morgan fingerprint density at radius 1 is 1.33 bits per heavy atom. The van der Waals surface area contributed by atoms with E-state index in [-0.39, 0.29) is 5.91 Å². The SMILES string of the molecule is CCN1CCN(C(=O)CCc2nc(C)no2)CC1. The van der Waals surface area contributed by atoms with Crippen molar-refractivity contribution in [3.63, 3.8) is 0 Å². The maximum Gasteiger partial charge on any atom is 0.227 e. The lowest BCUT2D eigenvalue weighted by Crippen LogP contribution is -2.48. The molecule has 0 spiro atoms. The highest BCUT2D eigenvalue weighted by atomic mass is 16.5. The lowest BCUT2D eigenvalue weighted by molar-refractivity contribution is -0.132. The molecule has 0 atom stereocenters. The second kappa shape index (κ2) is 5.95. The highest BCUT2D eigenvalue weighted by Gasteiger charge is 2.20. The fourth-order valence-corrected chi connectivity index (χ4v) is 2.13. The van der Waals surface area contributed by atoms with Crippen molar-refractivity contribution < 1.29 is 9.32 Å². The molecule has 1 aromatic rings. The van der Waals surface area contributed by atoms with Gasteiger partial charge < -0.3 is 14.3 Å². The summed E-state index contributed by atoms with van der Waals surface area (Å²) in [5.41, 5.74) is 0. The maximum atomic E-state index is 12.0. The van der Waals surface area contributed by atoms with Crippen LogP contribution in [0.1, 0.15) is 25.1 Å². The smallest absolute Gasteiger partial charge is 0.227 e. The van der Waals surface area contributed by atoms with Crippen molar-refractivity contribution in [2.75, 3.05) is 32.7 Å². The molecule has 1 saturated heterocycles. The Kier molecular flexibility index (Phi) is 4.30. The van der Waals surface area contributed by atoms with Crippen LogP contribution in [0.4, 0.5) is 0 Å². The van der Waals surface area contributed by atoms with Crippen molar-refractivity contribution >= 4 is 5.91 Å². The Labute approximate surface area is 107 Å². The molecule has 0 N–H and O–H groups in total. The molecule has 2 rings (SSSR count). The molecular formula is C12H20N4O2. The normalized spacial score (nSPS) is 17.1. The first-order valence-electron chi connectivity index (χ1n) is 6.48. The number of likely N-dealkylation sites (N-methyl/N-ethyl adjacent to an activating group) is 1. The number of carbonyl (C=O) groups is 1. The molecule has 2 heterocycles. The van der Waals surface area contributed by atoms with Crippen LogP contribution >= 0.6 is 0 Å². The van der Waals surface area contributed by atoms with Crippen LogP contribution in [-0.2, 0) is 11.2 Å². The Morgan fingerprint density at radius 2 is 2.06 bits per heavy atom. The van der Waals surface area contributed by atoms with E-state index in [1.165, 1.54) is 0 Å². The maximum absolute atomic E-state index is 12.0. The Hall–Kier alpha value is -1.43. The van der Waals surface area contributed by atoms with E-state index in [2.05, 4.69) is 22.0 Å². The molecule has 0 saturated carbocycles. The van der Waals surface area contributed by atoms with Gasteiger partial charge >= 0.3 is 0 Å². The fourth-order valence-electron chi connectivity index (χ4n) is 2.13. The molecule has 1 amide bonds. The second-order valence-electron chi connectivity index (χ2n) is 4.55. The van der Waals surface area contributed by atoms with E-state index < -0.39 is 0 Å². The second-order valence-corrected chi connectivity index (χ2v) is 4.55. The lowest BCUT2D eigenvalue weighted by atomic mass is 10.2. The van der Waals surface area contributed by atoms with Crippen molar-refractivity contribution in [1.29, 1.82) is 0 Å². The number of rotatable bonds is 4. The third-order valence-electron chi connectivity index (χ3n) is 3.29. The predicted octanol–water partition coefficient (Wildman–Crippen LogP) is 0.475. The molecule has 6 nitrogen and oxygen atoms in total.